The predicted octanol–water partition coefficient (Wildman–Crippen LogP) is 3.74. The van der Waals surface area contributed by atoms with Gasteiger partial charge in [0, 0.05) is 19.4 Å². The third-order valence-corrected chi connectivity index (χ3v) is 5.27. The Morgan fingerprint density at radius 3 is 2.59 bits per heavy atom. The van der Waals surface area contributed by atoms with E-state index in [9.17, 15) is 0 Å². The van der Waals surface area contributed by atoms with E-state index in [1.807, 2.05) is 24.4 Å². The van der Waals surface area contributed by atoms with Crippen LogP contribution in [0.1, 0.15) is 18.9 Å². The second kappa shape index (κ2) is 7.40. The van der Waals surface area contributed by atoms with Gasteiger partial charge < -0.3 is 4.43 Å². The quantitative estimate of drug-likeness (QED) is 0.410. The standard InChI is InChI=1S/C14H23NOSi/c1-4-16-17(2,3)12-8-11-15-13-14-9-6-5-7-10-14/h5-7,9-10,13H,4,8,11-12H2,1-3H3. The van der Waals surface area contributed by atoms with Crippen LogP contribution in [0, 0.1) is 0 Å². The van der Waals surface area contributed by atoms with Crippen molar-refractivity contribution in [1.82, 2.24) is 0 Å². The number of aliphatic imine (C=N–C) groups is 1. The molecule has 0 amide bonds. The zero-order valence-electron chi connectivity index (χ0n) is 11.1. The highest BCUT2D eigenvalue weighted by Gasteiger charge is 2.20. The smallest absolute Gasteiger partial charge is 0.186 e. The van der Waals surface area contributed by atoms with Crippen molar-refractivity contribution >= 4 is 14.5 Å². The molecule has 1 aromatic carbocycles. The van der Waals surface area contributed by atoms with Crippen molar-refractivity contribution in [2.24, 2.45) is 4.99 Å². The molecule has 1 aromatic rings. The van der Waals surface area contributed by atoms with E-state index in [0.29, 0.717) is 0 Å². The van der Waals surface area contributed by atoms with Crippen molar-refractivity contribution in [1.29, 1.82) is 0 Å². The Hall–Kier alpha value is -0.933. The van der Waals surface area contributed by atoms with Gasteiger partial charge in [0.25, 0.3) is 0 Å². The van der Waals surface area contributed by atoms with Crippen LogP contribution in [0.4, 0.5) is 0 Å². The molecule has 17 heavy (non-hydrogen) atoms. The maximum atomic E-state index is 5.78. The van der Waals surface area contributed by atoms with Gasteiger partial charge in [-0.1, -0.05) is 30.3 Å². The summed E-state index contributed by atoms with van der Waals surface area (Å²) in [5, 5.41) is 0. The fourth-order valence-electron chi connectivity index (χ4n) is 1.77. The zero-order valence-corrected chi connectivity index (χ0v) is 12.1. The highest BCUT2D eigenvalue weighted by molar-refractivity contribution is 6.71. The first-order valence-electron chi connectivity index (χ1n) is 6.33. The van der Waals surface area contributed by atoms with Gasteiger partial charge in [0.05, 0.1) is 0 Å². The van der Waals surface area contributed by atoms with Gasteiger partial charge in [-0.25, -0.2) is 0 Å². The predicted molar refractivity (Wildman–Crippen MR) is 77.4 cm³/mol. The van der Waals surface area contributed by atoms with Crippen LogP contribution >= 0.6 is 0 Å². The second-order valence-electron chi connectivity index (χ2n) is 4.74. The molecule has 0 N–H and O–H groups in total. The minimum atomic E-state index is -1.41. The van der Waals surface area contributed by atoms with Gasteiger partial charge in [-0.15, -0.1) is 0 Å². The van der Waals surface area contributed by atoms with Crippen LogP contribution in [-0.4, -0.2) is 27.7 Å². The van der Waals surface area contributed by atoms with Gasteiger partial charge >= 0.3 is 0 Å². The monoisotopic (exact) mass is 249 g/mol. The summed E-state index contributed by atoms with van der Waals surface area (Å²) in [5.74, 6) is 0. The molecule has 2 nitrogen and oxygen atoms in total. The Labute approximate surface area is 106 Å². The van der Waals surface area contributed by atoms with E-state index in [2.05, 4.69) is 37.1 Å². The van der Waals surface area contributed by atoms with Crippen molar-refractivity contribution in [3.63, 3.8) is 0 Å². The average molecular weight is 249 g/mol. The minimum Gasteiger partial charge on any atom is -0.418 e. The van der Waals surface area contributed by atoms with Crippen LogP contribution in [0.5, 0.6) is 0 Å². The molecule has 0 saturated carbocycles. The molecule has 0 aliphatic rings. The van der Waals surface area contributed by atoms with Gasteiger partial charge in [-0.05, 0) is 38.0 Å². The number of hydrogen-bond donors (Lipinski definition) is 0. The summed E-state index contributed by atoms with van der Waals surface area (Å²) in [7, 11) is -1.41. The molecule has 0 unspecified atom stereocenters. The summed E-state index contributed by atoms with van der Waals surface area (Å²) >= 11 is 0. The van der Waals surface area contributed by atoms with E-state index in [1.54, 1.807) is 0 Å². The second-order valence-corrected chi connectivity index (χ2v) is 9.05. The molecule has 0 radical (unpaired) electrons. The summed E-state index contributed by atoms with van der Waals surface area (Å²) in [5.41, 5.74) is 1.17. The van der Waals surface area contributed by atoms with E-state index in [-0.39, 0.29) is 0 Å². The van der Waals surface area contributed by atoms with Crippen LogP contribution in [0.15, 0.2) is 35.3 Å². The fraction of sp³-hybridized carbons (Fsp3) is 0.500. The van der Waals surface area contributed by atoms with Gasteiger partial charge in [0.1, 0.15) is 0 Å². The first-order valence-corrected chi connectivity index (χ1v) is 9.44. The summed E-state index contributed by atoms with van der Waals surface area (Å²) in [6.45, 7) is 8.36. The van der Waals surface area contributed by atoms with E-state index < -0.39 is 8.32 Å². The third-order valence-electron chi connectivity index (χ3n) is 2.64. The number of rotatable bonds is 7. The fourth-order valence-corrected chi connectivity index (χ4v) is 3.70. The largest absolute Gasteiger partial charge is 0.418 e. The molecule has 0 bridgehead atoms. The molecule has 0 spiro atoms. The molecule has 0 aliphatic carbocycles. The molecule has 0 atom stereocenters. The Bertz CT molecular complexity index is 335. The maximum absolute atomic E-state index is 5.78. The highest BCUT2D eigenvalue weighted by Crippen LogP contribution is 2.13. The molecular formula is C14H23NOSi. The van der Waals surface area contributed by atoms with Crippen molar-refractivity contribution < 1.29 is 4.43 Å². The SMILES string of the molecule is CCO[Si](C)(C)CCCN=Cc1ccccc1. The van der Waals surface area contributed by atoms with E-state index in [0.717, 1.165) is 19.6 Å². The molecule has 0 aromatic heterocycles. The normalized spacial score (nSPS) is 12.2. The van der Waals surface area contributed by atoms with Gasteiger partial charge in [0.2, 0.25) is 0 Å². The summed E-state index contributed by atoms with van der Waals surface area (Å²) in [6, 6.07) is 11.4. The molecule has 0 fully saturated rings. The summed E-state index contributed by atoms with van der Waals surface area (Å²) in [6.07, 6.45) is 3.08. The van der Waals surface area contributed by atoms with Crippen molar-refractivity contribution in [3.05, 3.63) is 35.9 Å². The topological polar surface area (TPSA) is 21.6 Å². The first-order chi connectivity index (χ1) is 8.14. The molecule has 1 rings (SSSR count). The Balaban J connectivity index is 2.22. The van der Waals surface area contributed by atoms with E-state index >= 15 is 0 Å². The Morgan fingerprint density at radius 2 is 1.94 bits per heavy atom. The van der Waals surface area contributed by atoms with E-state index in [4.69, 9.17) is 4.43 Å². The average Bonchev–Trinajstić information content (AvgIpc) is 2.30. The molecule has 0 saturated heterocycles. The van der Waals surface area contributed by atoms with Crippen molar-refractivity contribution in [3.8, 4) is 0 Å². The van der Waals surface area contributed by atoms with Gasteiger partial charge in [0.15, 0.2) is 8.32 Å². The lowest BCUT2D eigenvalue weighted by molar-refractivity contribution is 0.328. The van der Waals surface area contributed by atoms with Crippen LogP contribution in [0.25, 0.3) is 0 Å². The first kappa shape index (κ1) is 14.1. The molecular weight excluding hydrogens is 226 g/mol. The molecule has 0 heterocycles. The maximum Gasteiger partial charge on any atom is 0.186 e. The Morgan fingerprint density at radius 1 is 1.24 bits per heavy atom. The van der Waals surface area contributed by atoms with Crippen LogP contribution < -0.4 is 0 Å². The van der Waals surface area contributed by atoms with Gasteiger partial charge in [-0.3, -0.25) is 4.99 Å². The van der Waals surface area contributed by atoms with Crippen LogP contribution in [-0.2, 0) is 4.43 Å². The summed E-state index contributed by atoms with van der Waals surface area (Å²) < 4.78 is 5.78. The lowest BCUT2D eigenvalue weighted by Crippen LogP contribution is -2.30. The summed E-state index contributed by atoms with van der Waals surface area (Å²) in [4.78, 5) is 4.45. The molecule has 0 aliphatic heterocycles. The Kier molecular flexibility index (Phi) is 6.15. The third kappa shape index (κ3) is 6.39. The van der Waals surface area contributed by atoms with Gasteiger partial charge in [-0.2, -0.15) is 0 Å². The van der Waals surface area contributed by atoms with Crippen molar-refractivity contribution in [2.45, 2.75) is 32.5 Å². The number of nitrogens with zero attached hydrogens (tertiary/aromatic N) is 1. The number of hydrogen-bond acceptors (Lipinski definition) is 2. The lowest BCUT2D eigenvalue weighted by Gasteiger charge is -2.21. The molecule has 94 valence electrons. The zero-order chi connectivity index (χ0) is 12.6. The minimum absolute atomic E-state index is 0.840. The lowest BCUT2D eigenvalue weighted by atomic mass is 10.2. The highest BCUT2D eigenvalue weighted by atomic mass is 28.4. The van der Waals surface area contributed by atoms with Crippen LogP contribution in [0.3, 0.4) is 0 Å². The van der Waals surface area contributed by atoms with Crippen molar-refractivity contribution in [2.75, 3.05) is 13.2 Å². The van der Waals surface area contributed by atoms with E-state index in [1.165, 1.54) is 11.6 Å². The number of benzene rings is 1. The van der Waals surface area contributed by atoms with Crippen LogP contribution in [0.2, 0.25) is 19.1 Å². The molecule has 3 heteroatoms.